The molecule has 2 N–H and O–H groups in total. The van der Waals surface area contributed by atoms with Crippen molar-refractivity contribution in [3.63, 3.8) is 0 Å². The number of rotatable bonds is 3. The molecule has 0 aliphatic rings. The summed E-state index contributed by atoms with van der Waals surface area (Å²) >= 11 is 11.5. The first kappa shape index (κ1) is 14.4. The first-order valence-electron chi connectivity index (χ1n) is 4.71. The lowest BCUT2D eigenvalue weighted by molar-refractivity contribution is -0.149. The molecule has 7 heteroatoms. The van der Waals surface area contributed by atoms with Crippen molar-refractivity contribution in [3.05, 3.63) is 27.7 Å². The van der Waals surface area contributed by atoms with Crippen molar-refractivity contribution in [3.8, 4) is 5.75 Å². The molecule has 0 heterocycles. The largest absolute Gasteiger partial charge is 0.492 e. The Morgan fingerprint density at radius 2 is 1.88 bits per heavy atom. The molecule has 0 aliphatic heterocycles. The summed E-state index contributed by atoms with van der Waals surface area (Å²) in [7, 11) is 0. The predicted octanol–water partition coefficient (Wildman–Crippen LogP) is 3.95. The van der Waals surface area contributed by atoms with Crippen LogP contribution in [0.2, 0.25) is 10.0 Å². The lowest BCUT2D eigenvalue weighted by Gasteiger charge is -2.18. The fourth-order valence-corrected chi connectivity index (χ4v) is 1.72. The Morgan fingerprint density at radius 3 is 2.35 bits per heavy atom. The Morgan fingerprint density at radius 1 is 1.29 bits per heavy atom. The standard InChI is InChI=1S/C10H10Cl2F3NO/c1-2-17-8-4-6(11)5(3-7(8)12)9(16)10(13,14)15/h3-4,9H,2,16H2,1H3. The van der Waals surface area contributed by atoms with Gasteiger partial charge in [-0.25, -0.2) is 0 Å². The summed E-state index contributed by atoms with van der Waals surface area (Å²) in [6, 6.07) is 0.143. The van der Waals surface area contributed by atoms with Crippen molar-refractivity contribution >= 4 is 23.2 Å². The number of hydrogen-bond donors (Lipinski definition) is 1. The summed E-state index contributed by atoms with van der Waals surface area (Å²) in [6.45, 7) is 2.06. The maximum Gasteiger partial charge on any atom is 0.407 e. The molecule has 1 aromatic rings. The minimum Gasteiger partial charge on any atom is -0.492 e. The number of halogens is 5. The molecular formula is C10H10Cl2F3NO. The zero-order chi connectivity index (χ0) is 13.2. The smallest absolute Gasteiger partial charge is 0.407 e. The highest BCUT2D eigenvalue weighted by Crippen LogP contribution is 2.38. The summed E-state index contributed by atoms with van der Waals surface area (Å²) in [4.78, 5) is 0. The van der Waals surface area contributed by atoms with Crippen LogP contribution in [0.1, 0.15) is 18.5 Å². The summed E-state index contributed by atoms with van der Waals surface area (Å²) in [5.41, 5.74) is 4.79. The molecule has 1 aromatic carbocycles. The highest BCUT2D eigenvalue weighted by atomic mass is 35.5. The first-order valence-corrected chi connectivity index (χ1v) is 5.47. The van der Waals surface area contributed by atoms with Gasteiger partial charge in [-0.05, 0) is 18.6 Å². The van der Waals surface area contributed by atoms with E-state index in [4.69, 9.17) is 33.7 Å². The van der Waals surface area contributed by atoms with E-state index in [1.807, 2.05) is 0 Å². The number of alkyl halides is 3. The maximum atomic E-state index is 12.4. The quantitative estimate of drug-likeness (QED) is 0.913. The van der Waals surface area contributed by atoms with Crippen LogP contribution in [0.4, 0.5) is 13.2 Å². The van der Waals surface area contributed by atoms with E-state index >= 15 is 0 Å². The van der Waals surface area contributed by atoms with Gasteiger partial charge in [-0.1, -0.05) is 23.2 Å². The van der Waals surface area contributed by atoms with E-state index in [9.17, 15) is 13.2 Å². The van der Waals surface area contributed by atoms with Gasteiger partial charge in [0.2, 0.25) is 0 Å². The van der Waals surface area contributed by atoms with Crippen LogP contribution >= 0.6 is 23.2 Å². The monoisotopic (exact) mass is 287 g/mol. The minimum atomic E-state index is -4.57. The Labute approximate surface area is 106 Å². The molecule has 17 heavy (non-hydrogen) atoms. The van der Waals surface area contributed by atoms with Gasteiger partial charge in [0.15, 0.2) is 0 Å². The molecule has 0 saturated carbocycles. The second kappa shape index (κ2) is 5.33. The predicted molar refractivity (Wildman–Crippen MR) is 60.6 cm³/mol. The van der Waals surface area contributed by atoms with Gasteiger partial charge in [-0.2, -0.15) is 13.2 Å². The van der Waals surface area contributed by atoms with Crippen LogP contribution in [-0.4, -0.2) is 12.8 Å². The molecule has 0 fully saturated rings. The molecule has 0 bridgehead atoms. The molecule has 2 nitrogen and oxygen atoms in total. The van der Waals surface area contributed by atoms with Crippen molar-refractivity contribution in [1.82, 2.24) is 0 Å². The number of hydrogen-bond acceptors (Lipinski definition) is 2. The van der Waals surface area contributed by atoms with Crippen LogP contribution in [0, 0.1) is 0 Å². The highest BCUT2D eigenvalue weighted by Gasteiger charge is 2.39. The van der Waals surface area contributed by atoms with Gasteiger partial charge in [-0.3, -0.25) is 0 Å². The van der Waals surface area contributed by atoms with Crippen LogP contribution in [0.15, 0.2) is 12.1 Å². The zero-order valence-electron chi connectivity index (χ0n) is 8.81. The molecule has 0 amide bonds. The summed E-state index contributed by atoms with van der Waals surface area (Å²) < 4.78 is 42.4. The zero-order valence-corrected chi connectivity index (χ0v) is 10.3. The topological polar surface area (TPSA) is 35.2 Å². The van der Waals surface area contributed by atoms with E-state index in [0.717, 1.165) is 6.07 Å². The van der Waals surface area contributed by atoms with E-state index in [-0.39, 0.29) is 21.4 Å². The van der Waals surface area contributed by atoms with Crippen LogP contribution in [0.3, 0.4) is 0 Å². The van der Waals surface area contributed by atoms with Gasteiger partial charge < -0.3 is 10.5 Å². The Kier molecular flexibility index (Phi) is 4.52. The molecule has 1 atom stereocenters. The van der Waals surface area contributed by atoms with Crippen LogP contribution in [-0.2, 0) is 0 Å². The van der Waals surface area contributed by atoms with Crippen molar-refractivity contribution < 1.29 is 17.9 Å². The minimum absolute atomic E-state index is 0.0472. The lowest BCUT2D eigenvalue weighted by Crippen LogP contribution is -2.28. The third-order valence-corrected chi connectivity index (χ3v) is 2.66. The molecule has 96 valence electrons. The van der Waals surface area contributed by atoms with E-state index in [2.05, 4.69) is 0 Å². The van der Waals surface area contributed by atoms with Gasteiger partial charge in [0.05, 0.1) is 11.6 Å². The molecule has 1 rings (SSSR count). The van der Waals surface area contributed by atoms with E-state index in [0.29, 0.717) is 6.61 Å². The fourth-order valence-electron chi connectivity index (χ4n) is 1.22. The molecule has 0 saturated heterocycles. The van der Waals surface area contributed by atoms with Crippen LogP contribution < -0.4 is 10.5 Å². The molecule has 1 unspecified atom stereocenters. The average Bonchev–Trinajstić information content (AvgIpc) is 2.21. The third kappa shape index (κ3) is 3.40. The second-order valence-electron chi connectivity index (χ2n) is 3.26. The van der Waals surface area contributed by atoms with Crippen molar-refractivity contribution in [1.29, 1.82) is 0 Å². The summed E-state index contributed by atoms with van der Waals surface area (Å²) in [6.07, 6.45) is -4.57. The Balaban J connectivity index is 3.15. The van der Waals surface area contributed by atoms with Gasteiger partial charge >= 0.3 is 6.18 Å². The normalized spacial score (nSPS) is 13.6. The SMILES string of the molecule is CCOc1cc(Cl)c(C(N)C(F)(F)F)cc1Cl. The number of benzene rings is 1. The van der Waals surface area contributed by atoms with Gasteiger partial charge in [0.25, 0.3) is 0 Å². The number of ether oxygens (including phenoxy) is 1. The van der Waals surface area contributed by atoms with Crippen molar-refractivity contribution in [2.24, 2.45) is 5.73 Å². The van der Waals surface area contributed by atoms with Gasteiger partial charge in [0, 0.05) is 11.1 Å². The number of nitrogens with two attached hydrogens (primary N) is 1. The first-order chi connectivity index (χ1) is 7.77. The molecule has 0 aromatic heterocycles. The van der Waals surface area contributed by atoms with Crippen LogP contribution in [0.25, 0.3) is 0 Å². The molecular weight excluding hydrogens is 278 g/mol. The van der Waals surface area contributed by atoms with E-state index in [1.165, 1.54) is 6.07 Å². The lowest BCUT2D eigenvalue weighted by atomic mass is 10.1. The summed E-state index contributed by atoms with van der Waals surface area (Å²) in [5, 5.41) is -0.0753. The maximum absolute atomic E-state index is 12.4. The van der Waals surface area contributed by atoms with E-state index in [1.54, 1.807) is 6.92 Å². The summed E-state index contributed by atoms with van der Waals surface area (Å²) in [5.74, 6) is 0.234. The van der Waals surface area contributed by atoms with Crippen LogP contribution in [0.5, 0.6) is 5.75 Å². The average molecular weight is 288 g/mol. The molecule has 0 aliphatic carbocycles. The van der Waals surface area contributed by atoms with E-state index < -0.39 is 12.2 Å². The Bertz CT molecular complexity index is 409. The highest BCUT2D eigenvalue weighted by molar-refractivity contribution is 6.34. The van der Waals surface area contributed by atoms with Crippen molar-refractivity contribution in [2.45, 2.75) is 19.1 Å². The second-order valence-corrected chi connectivity index (χ2v) is 4.07. The Hall–Kier alpha value is -0.650. The van der Waals surface area contributed by atoms with Gasteiger partial charge in [-0.15, -0.1) is 0 Å². The third-order valence-electron chi connectivity index (χ3n) is 2.04. The molecule has 0 spiro atoms. The molecule has 0 radical (unpaired) electrons. The fraction of sp³-hybridized carbons (Fsp3) is 0.400. The van der Waals surface area contributed by atoms with Crippen molar-refractivity contribution in [2.75, 3.05) is 6.61 Å². The van der Waals surface area contributed by atoms with Gasteiger partial charge in [0.1, 0.15) is 11.8 Å².